The molecule has 0 saturated carbocycles. The van der Waals surface area contributed by atoms with E-state index in [1.54, 1.807) is 0 Å². The summed E-state index contributed by atoms with van der Waals surface area (Å²) in [5.74, 6) is 1.15. The van der Waals surface area contributed by atoms with Crippen LogP contribution in [0.2, 0.25) is 5.02 Å². The number of carbonyl (C=O) groups is 1. The van der Waals surface area contributed by atoms with Gasteiger partial charge in [0.25, 0.3) is 5.91 Å². The maximum Gasteiger partial charge on any atom is 0.270 e. The van der Waals surface area contributed by atoms with E-state index in [-0.39, 0.29) is 11.9 Å². The molecular formula is C24H23ClN6O. The van der Waals surface area contributed by atoms with Gasteiger partial charge in [-0.1, -0.05) is 23.7 Å². The molecular weight excluding hydrogens is 424 g/mol. The van der Waals surface area contributed by atoms with Crippen molar-refractivity contribution in [2.45, 2.75) is 32.7 Å². The largest absolute Gasteiger partial charge is 0.350 e. The van der Waals surface area contributed by atoms with Gasteiger partial charge in [-0.2, -0.15) is 0 Å². The molecule has 2 N–H and O–H groups in total. The smallest absolute Gasteiger partial charge is 0.270 e. The normalized spacial score (nSPS) is 16.0. The predicted octanol–water partition coefficient (Wildman–Crippen LogP) is 5.34. The van der Waals surface area contributed by atoms with Gasteiger partial charge in [0.1, 0.15) is 11.5 Å². The van der Waals surface area contributed by atoms with Gasteiger partial charge in [-0.05, 0) is 63.1 Å². The number of anilines is 2. The molecule has 5 rings (SSSR count). The number of hydrogen-bond donors (Lipinski definition) is 2. The summed E-state index contributed by atoms with van der Waals surface area (Å²) in [5.41, 5.74) is 4.05. The Morgan fingerprint density at radius 3 is 2.72 bits per heavy atom. The molecule has 0 spiro atoms. The van der Waals surface area contributed by atoms with Gasteiger partial charge in [0.05, 0.1) is 11.7 Å². The Labute approximate surface area is 190 Å². The van der Waals surface area contributed by atoms with Gasteiger partial charge >= 0.3 is 0 Å². The van der Waals surface area contributed by atoms with Gasteiger partial charge in [0.2, 0.25) is 5.95 Å². The number of fused-ring (bicyclic) bond motifs is 1. The van der Waals surface area contributed by atoms with E-state index in [9.17, 15) is 4.79 Å². The Morgan fingerprint density at radius 1 is 1.09 bits per heavy atom. The van der Waals surface area contributed by atoms with Gasteiger partial charge in [-0.15, -0.1) is 0 Å². The highest BCUT2D eigenvalue weighted by molar-refractivity contribution is 6.31. The van der Waals surface area contributed by atoms with E-state index in [0.717, 1.165) is 40.8 Å². The summed E-state index contributed by atoms with van der Waals surface area (Å²) in [5, 5.41) is 4.79. The van der Waals surface area contributed by atoms with E-state index >= 15 is 0 Å². The van der Waals surface area contributed by atoms with Gasteiger partial charge in [0.15, 0.2) is 0 Å². The molecule has 162 valence electrons. The molecule has 1 atom stereocenters. The van der Waals surface area contributed by atoms with Crippen LogP contribution in [0.25, 0.3) is 10.9 Å². The number of H-pyrrole nitrogens is 1. The zero-order valence-electron chi connectivity index (χ0n) is 17.9. The van der Waals surface area contributed by atoms with Crippen LogP contribution in [-0.4, -0.2) is 37.3 Å². The summed E-state index contributed by atoms with van der Waals surface area (Å²) >= 11 is 6.09. The lowest BCUT2D eigenvalue weighted by atomic mass is 10.1. The number of nitrogens with one attached hydrogen (secondary N) is 2. The highest BCUT2D eigenvalue weighted by Crippen LogP contribution is 2.33. The number of carbonyl (C=O) groups excluding carboxylic acids is 1. The first-order valence-corrected chi connectivity index (χ1v) is 11.0. The summed E-state index contributed by atoms with van der Waals surface area (Å²) in [6.45, 7) is 4.56. The Kier molecular flexibility index (Phi) is 5.27. The molecule has 32 heavy (non-hydrogen) atoms. The number of likely N-dealkylation sites (tertiary alicyclic amines) is 1. The fourth-order valence-corrected chi connectivity index (χ4v) is 4.46. The number of aryl methyl sites for hydroxylation is 2. The molecule has 0 bridgehead atoms. The Balaban J connectivity index is 1.40. The van der Waals surface area contributed by atoms with Crippen LogP contribution in [-0.2, 0) is 0 Å². The molecule has 1 saturated heterocycles. The maximum atomic E-state index is 13.3. The van der Waals surface area contributed by atoms with Gasteiger partial charge in [-0.3, -0.25) is 4.79 Å². The number of amides is 1. The third-order valence-corrected chi connectivity index (χ3v) is 5.90. The monoisotopic (exact) mass is 446 g/mol. The van der Waals surface area contributed by atoms with Gasteiger partial charge < -0.3 is 15.2 Å². The molecule has 4 heterocycles. The molecule has 1 aliphatic heterocycles. The number of aromatic nitrogens is 4. The fraction of sp³-hybridized carbons (Fsp3) is 0.250. The molecule has 0 unspecified atom stereocenters. The van der Waals surface area contributed by atoms with E-state index in [0.29, 0.717) is 29.0 Å². The highest BCUT2D eigenvalue weighted by Gasteiger charge is 2.32. The van der Waals surface area contributed by atoms with Crippen LogP contribution >= 0.6 is 11.6 Å². The Bertz CT molecular complexity index is 1300. The van der Waals surface area contributed by atoms with E-state index < -0.39 is 0 Å². The van der Waals surface area contributed by atoms with Gasteiger partial charge in [0, 0.05) is 33.9 Å². The maximum absolute atomic E-state index is 13.3. The topological polar surface area (TPSA) is 86.8 Å². The Hall–Kier alpha value is -3.45. The van der Waals surface area contributed by atoms with E-state index in [1.807, 2.05) is 67.3 Å². The minimum atomic E-state index is -0.0839. The minimum Gasteiger partial charge on any atom is -0.350 e. The van der Waals surface area contributed by atoms with Crippen molar-refractivity contribution < 1.29 is 4.79 Å². The second-order valence-corrected chi connectivity index (χ2v) is 8.55. The highest BCUT2D eigenvalue weighted by atomic mass is 35.5. The molecule has 1 aromatic carbocycles. The lowest BCUT2D eigenvalue weighted by Gasteiger charge is -2.24. The van der Waals surface area contributed by atoms with Crippen molar-refractivity contribution in [1.29, 1.82) is 0 Å². The van der Waals surface area contributed by atoms with Crippen LogP contribution in [0.5, 0.6) is 0 Å². The number of hydrogen-bond acceptors (Lipinski definition) is 5. The van der Waals surface area contributed by atoms with Crippen molar-refractivity contribution in [1.82, 2.24) is 24.8 Å². The van der Waals surface area contributed by atoms with Crippen LogP contribution in [0.4, 0.5) is 11.8 Å². The average molecular weight is 447 g/mol. The number of nitrogens with zero attached hydrogens (tertiary/aromatic N) is 4. The third kappa shape index (κ3) is 4.03. The standard InChI is InChI=1S/C24H23ClN6O/c1-14-11-15(2)27-24(26-14)30-22-7-3-5-18(29-22)21-6-4-10-31(21)23(32)20-12-16-8-9-17(25)13-19(16)28-20/h3,5,7-9,11-13,21,28H,4,6,10H2,1-2H3,(H,26,27,29,30)/t21-/m0/s1. The number of halogens is 1. The zero-order valence-corrected chi connectivity index (χ0v) is 18.6. The second kappa shape index (κ2) is 8.24. The lowest BCUT2D eigenvalue weighted by Crippen LogP contribution is -2.31. The van der Waals surface area contributed by atoms with Crippen molar-refractivity contribution in [2.75, 3.05) is 11.9 Å². The first-order valence-electron chi connectivity index (χ1n) is 10.6. The molecule has 1 fully saturated rings. The Morgan fingerprint density at radius 2 is 1.91 bits per heavy atom. The van der Waals surface area contributed by atoms with Crippen LogP contribution in [0, 0.1) is 13.8 Å². The van der Waals surface area contributed by atoms with E-state index in [2.05, 4.69) is 20.3 Å². The quantitative estimate of drug-likeness (QED) is 0.441. The van der Waals surface area contributed by atoms with Crippen LogP contribution in [0.15, 0.2) is 48.5 Å². The van der Waals surface area contributed by atoms with Gasteiger partial charge in [-0.25, -0.2) is 15.0 Å². The summed E-state index contributed by atoms with van der Waals surface area (Å²) in [6.07, 6.45) is 1.80. The number of rotatable bonds is 4. The SMILES string of the molecule is Cc1cc(C)nc(Nc2cccc([C@@H]3CCCN3C(=O)c3cc4ccc(Cl)cc4[nH]3)n2)n1. The number of aromatic amines is 1. The van der Waals surface area contributed by atoms with Crippen LogP contribution in [0.1, 0.15) is 46.5 Å². The van der Waals surface area contributed by atoms with Crippen molar-refractivity contribution in [3.05, 3.63) is 76.3 Å². The van der Waals surface area contributed by atoms with Crippen molar-refractivity contribution in [2.24, 2.45) is 0 Å². The zero-order chi connectivity index (χ0) is 22.2. The minimum absolute atomic E-state index is 0.0300. The van der Waals surface area contributed by atoms with Crippen LogP contribution < -0.4 is 5.32 Å². The summed E-state index contributed by atoms with van der Waals surface area (Å²) in [7, 11) is 0. The van der Waals surface area contributed by atoms with E-state index in [4.69, 9.17) is 16.6 Å². The average Bonchev–Trinajstić information content (AvgIpc) is 3.39. The molecule has 4 aromatic rings. The lowest BCUT2D eigenvalue weighted by molar-refractivity contribution is 0.0728. The van der Waals surface area contributed by atoms with Crippen molar-refractivity contribution in [3.63, 3.8) is 0 Å². The molecule has 8 heteroatoms. The molecule has 0 radical (unpaired) electrons. The van der Waals surface area contributed by atoms with Crippen molar-refractivity contribution in [3.8, 4) is 0 Å². The number of pyridine rings is 1. The molecule has 0 aliphatic carbocycles. The fourth-order valence-electron chi connectivity index (χ4n) is 4.29. The van der Waals surface area contributed by atoms with Crippen LogP contribution in [0.3, 0.4) is 0 Å². The molecule has 1 aliphatic rings. The second-order valence-electron chi connectivity index (χ2n) is 8.12. The van der Waals surface area contributed by atoms with E-state index in [1.165, 1.54) is 0 Å². The third-order valence-electron chi connectivity index (χ3n) is 5.66. The van der Waals surface area contributed by atoms with Crippen molar-refractivity contribution >= 4 is 40.2 Å². The first-order chi connectivity index (χ1) is 15.5. The number of benzene rings is 1. The molecule has 7 nitrogen and oxygen atoms in total. The first kappa shape index (κ1) is 20.5. The summed E-state index contributed by atoms with van der Waals surface area (Å²) < 4.78 is 0. The molecule has 1 amide bonds. The summed E-state index contributed by atoms with van der Waals surface area (Å²) in [6, 6.07) is 15.1. The molecule has 3 aromatic heterocycles. The predicted molar refractivity (Wildman–Crippen MR) is 125 cm³/mol. The summed E-state index contributed by atoms with van der Waals surface area (Å²) in [4.78, 5) is 32.1.